The van der Waals surface area contributed by atoms with Crippen LogP contribution in [0, 0.1) is 17.7 Å². The van der Waals surface area contributed by atoms with Gasteiger partial charge in [0.25, 0.3) is 0 Å². The van der Waals surface area contributed by atoms with Crippen molar-refractivity contribution < 1.29 is 14.0 Å². The van der Waals surface area contributed by atoms with Crippen molar-refractivity contribution in [3.05, 3.63) is 35.6 Å². The summed E-state index contributed by atoms with van der Waals surface area (Å²) in [6.45, 7) is 4.45. The molecule has 4 nitrogen and oxygen atoms in total. The topological polar surface area (TPSA) is 40.6 Å². The zero-order valence-corrected chi connectivity index (χ0v) is 15.6. The molecule has 1 aliphatic carbocycles. The molecule has 5 heteroatoms. The van der Waals surface area contributed by atoms with E-state index in [1.165, 1.54) is 31.7 Å². The van der Waals surface area contributed by atoms with E-state index in [0.29, 0.717) is 50.5 Å². The maximum absolute atomic E-state index is 13.7. The van der Waals surface area contributed by atoms with Gasteiger partial charge >= 0.3 is 0 Å². The molecule has 142 valence electrons. The molecule has 2 aliphatic rings. The van der Waals surface area contributed by atoms with Gasteiger partial charge in [-0.15, -0.1) is 0 Å². The molecule has 1 saturated carbocycles. The minimum Gasteiger partial charge on any atom is -0.339 e. The van der Waals surface area contributed by atoms with Crippen molar-refractivity contribution in [2.45, 2.75) is 45.4 Å². The fraction of sp³-hybridized carbons (Fsp3) is 0.619. The van der Waals surface area contributed by atoms with E-state index in [9.17, 15) is 14.0 Å². The highest BCUT2D eigenvalue weighted by atomic mass is 19.1. The highest BCUT2D eigenvalue weighted by Crippen LogP contribution is 2.32. The minimum atomic E-state index is -0.253. The van der Waals surface area contributed by atoms with Crippen LogP contribution in [-0.2, 0) is 16.0 Å². The first-order valence-electron chi connectivity index (χ1n) is 9.86. The van der Waals surface area contributed by atoms with Crippen LogP contribution in [0.25, 0.3) is 0 Å². The molecule has 0 spiro atoms. The van der Waals surface area contributed by atoms with Crippen molar-refractivity contribution in [3.63, 3.8) is 0 Å². The predicted octanol–water partition coefficient (Wildman–Crippen LogP) is 3.26. The summed E-state index contributed by atoms with van der Waals surface area (Å²) >= 11 is 0. The minimum absolute atomic E-state index is 0.0455. The van der Waals surface area contributed by atoms with Crippen molar-refractivity contribution in [2.75, 3.05) is 26.2 Å². The van der Waals surface area contributed by atoms with Gasteiger partial charge in [0.15, 0.2) is 0 Å². The third kappa shape index (κ3) is 4.43. The molecule has 1 aliphatic heterocycles. The van der Waals surface area contributed by atoms with Gasteiger partial charge < -0.3 is 9.80 Å². The van der Waals surface area contributed by atoms with Crippen molar-refractivity contribution in [1.29, 1.82) is 0 Å². The zero-order valence-electron chi connectivity index (χ0n) is 15.6. The average Bonchev–Trinajstić information content (AvgIpc) is 3.21. The van der Waals surface area contributed by atoms with E-state index in [1.54, 1.807) is 18.2 Å². The average molecular weight is 360 g/mol. The predicted molar refractivity (Wildman–Crippen MR) is 99.0 cm³/mol. The number of carbonyl (C=O) groups excluding carboxylic acids is 2. The molecule has 26 heavy (non-hydrogen) atoms. The standard InChI is InChI=1S/C21H29FN2O2/c1-16(17-6-2-3-7-17)21(26)24-14-12-23(13-15-24)20(25)11-10-18-8-4-5-9-19(18)22/h4-5,8-9,16-17H,2-3,6-7,10-15H2,1H3. The first-order valence-corrected chi connectivity index (χ1v) is 9.86. The Morgan fingerprint density at radius 3 is 2.35 bits per heavy atom. The van der Waals surface area contributed by atoms with Crippen LogP contribution in [0.15, 0.2) is 24.3 Å². The number of hydrogen-bond acceptors (Lipinski definition) is 2. The van der Waals surface area contributed by atoms with Gasteiger partial charge in [0.2, 0.25) is 11.8 Å². The van der Waals surface area contributed by atoms with Crippen LogP contribution in [0.2, 0.25) is 0 Å². The van der Waals surface area contributed by atoms with Crippen LogP contribution >= 0.6 is 0 Å². The molecule has 2 fully saturated rings. The van der Waals surface area contributed by atoms with Crippen LogP contribution in [0.4, 0.5) is 4.39 Å². The van der Waals surface area contributed by atoms with Gasteiger partial charge in [-0.2, -0.15) is 0 Å². The van der Waals surface area contributed by atoms with Crippen LogP contribution in [0.5, 0.6) is 0 Å². The lowest BCUT2D eigenvalue weighted by Crippen LogP contribution is -2.52. The largest absolute Gasteiger partial charge is 0.339 e. The molecule has 1 aromatic carbocycles. The second-order valence-electron chi connectivity index (χ2n) is 7.63. The van der Waals surface area contributed by atoms with E-state index >= 15 is 0 Å². The zero-order chi connectivity index (χ0) is 18.5. The van der Waals surface area contributed by atoms with Crippen molar-refractivity contribution in [1.82, 2.24) is 9.80 Å². The Labute approximate surface area is 155 Å². The summed E-state index contributed by atoms with van der Waals surface area (Å²) in [7, 11) is 0. The van der Waals surface area contributed by atoms with E-state index in [-0.39, 0.29) is 23.5 Å². The van der Waals surface area contributed by atoms with Gasteiger partial charge in [-0.25, -0.2) is 4.39 Å². The molecule has 1 aromatic rings. The van der Waals surface area contributed by atoms with Crippen molar-refractivity contribution in [2.24, 2.45) is 11.8 Å². The Morgan fingerprint density at radius 2 is 1.69 bits per heavy atom. The third-order valence-corrected chi connectivity index (χ3v) is 6.01. The molecule has 2 amide bonds. The second-order valence-corrected chi connectivity index (χ2v) is 7.63. The van der Waals surface area contributed by atoms with Gasteiger partial charge in [-0.05, 0) is 36.8 Å². The SMILES string of the molecule is CC(C(=O)N1CCN(C(=O)CCc2ccccc2F)CC1)C1CCCC1. The fourth-order valence-electron chi connectivity index (χ4n) is 4.22. The van der Waals surface area contributed by atoms with E-state index < -0.39 is 0 Å². The molecule has 1 atom stereocenters. The molecule has 0 bridgehead atoms. The van der Waals surface area contributed by atoms with E-state index in [2.05, 4.69) is 6.92 Å². The number of carbonyl (C=O) groups is 2. The summed E-state index contributed by atoms with van der Waals surface area (Å²) in [4.78, 5) is 28.8. The molecule has 0 radical (unpaired) electrons. The maximum atomic E-state index is 13.7. The molecule has 1 saturated heterocycles. The van der Waals surface area contributed by atoms with Crippen molar-refractivity contribution >= 4 is 11.8 Å². The summed E-state index contributed by atoms with van der Waals surface area (Å²) in [5.74, 6) is 0.667. The van der Waals surface area contributed by atoms with Crippen LogP contribution < -0.4 is 0 Å². The number of amides is 2. The van der Waals surface area contributed by atoms with Gasteiger partial charge in [0.1, 0.15) is 5.82 Å². The van der Waals surface area contributed by atoms with Gasteiger partial charge in [-0.1, -0.05) is 38.0 Å². The number of benzene rings is 1. The number of aryl methyl sites for hydroxylation is 1. The molecule has 1 heterocycles. The smallest absolute Gasteiger partial charge is 0.225 e. The molecule has 0 N–H and O–H groups in total. The lowest BCUT2D eigenvalue weighted by atomic mass is 9.91. The number of halogens is 1. The van der Waals surface area contributed by atoms with E-state index in [4.69, 9.17) is 0 Å². The summed E-state index contributed by atoms with van der Waals surface area (Å²) in [5, 5.41) is 0. The van der Waals surface area contributed by atoms with E-state index in [0.717, 1.165) is 0 Å². The van der Waals surface area contributed by atoms with Crippen LogP contribution in [-0.4, -0.2) is 47.8 Å². The fourth-order valence-corrected chi connectivity index (χ4v) is 4.22. The Kier molecular flexibility index (Phi) is 6.28. The summed E-state index contributed by atoms with van der Waals surface area (Å²) < 4.78 is 13.7. The second kappa shape index (κ2) is 8.65. The third-order valence-electron chi connectivity index (χ3n) is 6.01. The molecular formula is C21H29FN2O2. The first kappa shape index (κ1) is 18.9. The molecule has 3 rings (SSSR count). The number of nitrogens with zero attached hydrogens (tertiary/aromatic N) is 2. The summed E-state index contributed by atoms with van der Waals surface area (Å²) in [5.41, 5.74) is 0.583. The van der Waals surface area contributed by atoms with Gasteiger partial charge in [-0.3, -0.25) is 9.59 Å². The summed E-state index contributed by atoms with van der Waals surface area (Å²) in [6.07, 6.45) is 5.55. The number of hydrogen-bond donors (Lipinski definition) is 0. The van der Waals surface area contributed by atoms with Gasteiger partial charge in [0, 0.05) is 38.5 Å². The Hall–Kier alpha value is -1.91. The Balaban J connectivity index is 1.44. The lowest BCUT2D eigenvalue weighted by Gasteiger charge is -2.37. The van der Waals surface area contributed by atoms with Gasteiger partial charge in [0.05, 0.1) is 0 Å². The Bertz CT molecular complexity index is 635. The van der Waals surface area contributed by atoms with E-state index in [1.807, 2.05) is 9.80 Å². The highest BCUT2D eigenvalue weighted by Gasteiger charge is 2.32. The Morgan fingerprint density at radius 1 is 1.08 bits per heavy atom. The highest BCUT2D eigenvalue weighted by molar-refractivity contribution is 5.80. The quantitative estimate of drug-likeness (QED) is 0.809. The maximum Gasteiger partial charge on any atom is 0.225 e. The first-order chi connectivity index (χ1) is 12.6. The van der Waals surface area contributed by atoms with Crippen molar-refractivity contribution in [3.8, 4) is 0 Å². The normalized spacial score (nSPS) is 19.6. The molecule has 0 aromatic heterocycles. The van der Waals surface area contributed by atoms with Crippen LogP contribution in [0.1, 0.15) is 44.6 Å². The molecular weight excluding hydrogens is 331 g/mol. The van der Waals surface area contributed by atoms with Crippen LogP contribution in [0.3, 0.4) is 0 Å². The lowest BCUT2D eigenvalue weighted by molar-refractivity contribution is -0.142. The number of rotatable bonds is 5. The number of piperazine rings is 1. The monoisotopic (exact) mass is 360 g/mol. The molecule has 1 unspecified atom stereocenters. The summed E-state index contributed by atoms with van der Waals surface area (Å²) in [6, 6.07) is 6.60.